The number of morpholine rings is 1. The first-order chi connectivity index (χ1) is 13.5. The minimum atomic E-state index is -0.235. The van der Waals surface area contributed by atoms with Gasteiger partial charge in [-0.1, -0.05) is 0 Å². The first-order valence-electron chi connectivity index (χ1n) is 9.16. The third-order valence-electron chi connectivity index (χ3n) is 4.35. The largest absolute Gasteiger partial charge is 0.379 e. The fraction of sp³-hybridized carbons (Fsp3) is 0.350. The fourth-order valence-corrected chi connectivity index (χ4v) is 2.93. The van der Waals surface area contributed by atoms with Gasteiger partial charge in [0.1, 0.15) is 5.82 Å². The van der Waals surface area contributed by atoms with Gasteiger partial charge >= 0.3 is 0 Å². The van der Waals surface area contributed by atoms with Crippen LogP contribution in [-0.2, 0) is 9.53 Å². The first kappa shape index (κ1) is 19.8. The van der Waals surface area contributed by atoms with Crippen LogP contribution in [-0.4, -0.2) is 68.6 Å². The van der Waals surface area contributed by atoms with Crippen LogP contribution in [0.25, 0.3) is 0 Å². The van der Waals surface area contributed by atoms with E-state index in [4.69, 9.17) is 4.74 Å². The molecule has 2 heterocycles. The summed E-state index contributed by atoms with van der Waals surface area (Å²) in [6.07, 6.45) is 1.65. The van der Waals surface area contributed by atoms with E-state index in [-0.39, 0.29) is 11.8 Å². The fourth-order valence-electron chi connectivity index (χ4n) is 2.93. The maximum Gasteiger partial charge on any atom is 0.259 e. The first-order valence-corrected chi connectivity index (χ1v) is 9.16. The molecule has 1 aliphatic heterocycles. The molecule has 28 heavy (non-hydrogen) atoms. The molecule has 8 nitrogen and oxygen atoms in total. The van der Waals surface area contributed by atoms with E-state index < -0.39 is 0 Å². The van der Waals surface area contributed by atoms with Gasteiger partial charge in [0, 0.05) is 44.8 Å². The van der Waals surface area contributed by atoms with E-state index >= 15 is 0 Å². The van der Waals surface area contributed by atoms with Crippen LogP contribution in [0.5, 0.6) is 0 Å². The SMILES string of the molecule is CN(C)c1ncccc1C(=O)Nc1ccc(NC(=O)CN2CCOCC2)cc1. The highest BCUT2D eigenvalue weighted by Gasteiger charge is 2.15. The molecule has 1 aromatic carbocycles. The number of nitrogens with one attached hydrogen (secondary N) is 2. The smallest absolute Gasteiger partial charge is 0.259 e. The lowest BCUT2D eigenvalue weighted by molar-refractivity contribution is -0.118. The lowest BCUT2D eigenvalue weighted by Crippen LogP contribution is -2.41. The minimum Gasteiger partial charge on any atom is -0.379 e. The number of pyridine rings is 1. The van der Waals surface area contributed by atoms with Crippen LogP contribution < -0.4 is 15.5 Å². The van der Waals surface area contributed by atoms with Crippen LogP contribution in [0.3, 0.4) is 0 Å². The van der Waals surface area contributed by atoms with Crippen LogP contribution in [0.4, 0.5) is 17.2 Å². The van der Waals surface area contributed by atoms with E-state index in [1.807, 2.05) is 14.1 Å². The lowest BCUT2D eigenvalue weighted by atomic mass is 10.2. The monoisotopic (exact) mass is 383 g/mol. The van der Waals surface area contributed by atoms with E-state index in [2.05, 4.69) is 20.5 Å². The molecule has 0 saturated carbocycles. The number of nitrogens with zero attached hydrogens (tertiary/aromatic N) is 3. The summed E-state index contributed by atoms with van der Waals surface area (Å²) >= 11 is 0. The standard InChI is InChI=1S/C20H25N5O3/c1-24(2)19-17(4-3-9-21-19)20(27)23-16-7-5-15(6-8-16)22-18(26)14-25-10-12-28-13-11-25/h3-9H,10-14H2,1-2H3,(H,22,26)(H,23,27). The Balaban J connectivity index is 1.57. The number of aromatic nitrogens is 1. The Kier molecular flexibility index (Phi) is 6.57. The van der Waals surface area contributed by atoms with E-state index in [0.717, 1.165) is 13.1 Å². The number of amides is 2. The van der Waals surface area contributed by atoms with Gasteiger partial charge in [0.15, 0.2) is 0 Å². The third-order valence-corrected chi connectivity index (χ3v) is 4.35. The molecule has 0 radical (unpaired) electrons. The van der Waals surface area contributed by atoms with Crippen molar-refractivity contribution in [3.63, 3.8) is 0 Å². The van der Waals surface area contributed by atoms with Crippen LogP contribution in [0.1, 0.15) is 10.4 Å². The Morgan fingerprint density at radius 1 is 1.07 bits per heavy atom. The zero-order valence-corrected chi connectivity index (χ0v) is 16.1. The van der Waals surface area contributed by atoms with Crippen LogP contribution in [0, 0.1) is 0 Å². The third kappa shape index (κ3) is 5.28. The van der Waals surface area contributed by atoms with Crippen molar-refractivity contribution in [1.82, 2.24) is 9.88 Å². The summed E-state index contributed by atoms with van der Waals surface area (Å²) in [7, 11) is 3.68. The van der Waals surface area contributed by atoms with Gasteiger partial charge in [-0.15, -0.1) is 0 Å². The van der Waals surface area contributed by atoms with Crippen molar-refractivity contribution in [1.29, 1.82) is 0 Å². The molecule has 3 rings (SSSR count). The molecule has 0 bridgehead atoms. The number of benzene rings is 1. The molecular weight excluding hydrogens is 358 g/mol. The molecule has 1 aromatic heterocycles. The second kappa shape index (κ2) is 9.29. The molecule has 2 N–H and O–H groups in total. The van der Waals surface area contributed by atoms with Gasteiger partial charge in [-0.3, -0.25) is 14.5 Å². The summed E-state index contributed by atoms with van der Waals surface area (Å²) < 4.78 is 5.28. The van der Waals surface area contributed by atoms with Crippen LogP contribution >= 0.6 is 0 Å². The molecule has 0 spiro atoms. The maximum absolute atomic E-state index is 12.6. The zero-order valence-electron chi connectivity index (χ0n) is 16.1. The summed E-state index contributed by atoms with van der Waals surface area (Å²) in [5, 5.41) is 5.73. The number of ether oxygens (including phenoxy) is 1. The molecule has 2 amide bonds. The molecule has 0 aliphatic carbocycles. The Morgan fingerprint density at radius 2 is 1.71 bits per heavy atom. The zero-order chi connectivity index (χ0) is 19.9. The molecule has 148 valence electrons. The molecule has 1 saturated heterocycles. The van der Waals surface area contributed by atoms with Crippen molar-refractivity contribution >= 4 is 29.0 Å². The maximum atomic E-state index is 12.6. The second-order valence-corrected chi connectivity index (χ2v) is 6.74. The van der Waals surface area contributed by atoms with E-state index in [0.29, 0.717) is 42.5 Å². The van der Waals surface area contributed by atoms with Crippen molar-refractivity contribution in [2.45, 2.75) is 0 Å². The summed E-state index contributed by atoms with van der Waals surface area (Å²) in [4.78, 5) is 32.8. The quantitative estimate of drug-likeness (QED) is 0.789. The van der Waals surface area contributed by atoms with Crippen molar-refractivity contribution in [2.75, 3.05) is 62.5 Å². The molecule has 8 heteroatoms. The summed E-state index contributed by atoms with van der Waals surface area (Å²) in [5.41, 5.74) is 1.83. The highest BCUT2D eigenvalue weighted by molar-refractivity contribution is 6.07. The number of hydrogen-bond acceptors (Lipinski definition) is 6. The number of anilines is 3. The normalized spacial score (nSPS) is 14.4. The molecule has 0 unspecified atom stereocenters. The summed E-state index contributed by atoms with van der Waals surface area (Å²) in [6, 6.07) is 10.5. The van der Waals surface area contributed by atoms with Crippen molar-refractivity contribution < 1.29 is 14.3 Å². The Bertz CT molecular complexity index is 817. The highest BCUT2D eigenvalue weighted by atomic mass is 16.5. The Hall–Kier alpha value is -2.97. The molecule has 1 fully saturated rings. The molecule has 0 atom stereocenters. The Morgan fingerprint density at radius 3 is 2.36 bits per heavy atom. The average molecular weight is 383 g/mol. The second-order valence-electron chi connectivity index (χ2n) is 6.74. The average Bonchev–Trinajstić information content (AvgIpc) is 2.70. The van der Waals surface area contributed by atoms with E-state index in [1.54, 1.807) is 47.5 Å². The number of carbonyl (C=O) groups excluding carboxylic acids is 2. The number of hydrogen-bond donors (Lipinski definition) is 2. The predicted molar refractivity (Wildman–Crippen MR) is 109 cm³/mol. The summed E-state index contributed by atoms with van der Waals surface area (Å²) in [5.74, 6) is 0.303. The molecular formula is C20H25N5O3. The topological polar surface area (TPSA) is 86.8 Å². The van der Waals surface area contributed by atoms with Crippen molar-refractivity contribution in [3.05, 3.63) is 48.2 Å². The van der Waals surface area contributed by atoms with Gasteiger partial charge in [-0.25, -0.2) is 4.98 Å². The van der Waals surface area contributed by atoms with Gasteiger partial charge in [-0.2, -0.15) is 0 Å². The van der Waals surface area contributed by atoms with E-state index in [1.165, 1.54) is 0 Å². The van der Waals surface area contributed by atoms with Crippen molar-refractivity contribution in [3.8, 4) is 0 Å². The van der Waals surface area contributed by atoms with Gasteiger partial charge in [-0.05, 0) is 36.4 Å². The lowest BCUT2D eigenvalue weighted by Gasteiger charge is -2.25. The number of carbonyl (C=O) groups is 2. The van der Waals surface area contributed by atoms with E-state index in [9.17, 15) is 9.59 Å². The molecule has 1 aliphatic rings. The highest BCUT2D eigenvalue weighted by Crippen LogP contribution is 2.18. The molecule has 2 aromatic rings. The number of rotatable bonds is 6. The van der Waals surface area contributed by atoms with Crippen molar-refractivity contribution in [2.24, 2.45) is 0 Å². The van der Waals surface area contributed by atoms with Gasteiger partial charge in [0.25, 0.3) is 5.91 Å². The van der Waals surface area contributed by atoms with Gasteiger partial charge in [0.2, 0.25) is 5.91 Å². The van der Waals surface area contributed by atoms with Crippen LogP contribution in [0.2, 0.25) is 0 Å². The minimum absolute atomic E-state index is 0.0651. The van der Waals surface area contributed by atoms with Gasteiger partial charge in [0.05, 0.1) is 25.3 Å². The Labute approximate surface area is 164 Å². The van der Waals surface area contributed by atoms with Gasteiger partial charge < -0.3 is 20.3 Å². The predicted octanol–water partition coefficient (Wildman–Crippen LogP) is 1.67. The van der Waals surface area contributed by atoms with Crippen LogP contribution in [0.15, 0.2) is 42.6 Å². The summed E-state index contributed by atoms with van der Waals surface area (Å²) in [6.45, 7) is 3.20.